The van der Waals surface area contributed by atoms with Gasteiger partial charge in [-0.2, -0.15) is 0 Å². The van der Waals surface area contributed by atoms with E-state index in [1.165, 1.54) is 18.0 Å². The molecule has 2 rings (SSSR count). The van der Waals surface area contributed by atoms with E-state index in [9.17, 15) is 14.4 Å². The Morgan fingerprint density at radius 1 is 1.53 bits per heavy atom. The normalized spacial score (nSPS) is 18.7. The molecule has 1 fully saturated rings. The van der Waals surface area contributed by atoms with Crippen molar-refractivity contribution < 1.29 is 19.5 Å². The lowest BCUT2D eigenvalue weighted by atomic mass is 10.2. The zero-order chi connectivity index (χ0) is 14.0. The average molecular weight is 280 g/mol. The van der Waals surface area contributed by atoms with Gasteiger partial charge in [-0.3, -0.25) is 9.59 Å². The van der Waals surface area contributed by atoms with E-state index in [-0.39, 0.29) is 34.1 Å². The number of carboxylic acid groups (broad SMARTS) is 1. The Hall–Kier alpha value is -1.89. The Morgan fingerprint density at radius 3 is 2.89 bits per heavy atom. The lowest BCUT2D eigenvalue weighted by Crippen LogP contribution is -2.27. The van der Waals surface area contributed by atoms with Gasteiger partial charge in [0.1, 0.15) is 0 Å². The van der Waals surface area contributed by atoms with Crippen molar-refractivity contribution in [3.05, 3.63) is 24.0 Å². The number of hydrogen-bond acceptors (Lipinski definition) is 5. The number of anilines is 1. The molecular formula is C12H12N2O4S. The summed E-state index contributed by atoms with van der Waals surface area (Å²) in [6, 6.07) is 3.13. The van der Waals surface area contributed by atoms with Crippen LogP contribution in [0.1, 0.15) is 23.8 Å². The summed E-state index contributed by atoms with van der Waals surface area (Å²) in [5, 5.41) is 8.88. The Balaban J connectivity index is 2.26. The average Bonchev–Trinajstić information content (AvgIpc) is 2.69. The number of amides is 1. The van der Waals surface area contributed by atoms with E-state index in [1.54, 1.807) is 12.1 Å². The smallest absolute Gasteiger partial charge is 0.356 e. The number of thioether (sulfide) groups is 1. The second-order valence-electron chi connectivity index (χ2n) is 4.12. The molecule has 1 aromatic heterocycles. The van der Waals surface area contributed by atoms with Gasteiger partial charge in [-0.15, -0.1) is 0 Å². The molecule has 6 nitrogen and oxygen atoms in total. The maximum absolute atomic E-state index is 11.9. The highest BCUT2D eigenvalue weighted by atomic mass is 32.2. The summed E-state index contributed by atoms with van der Waals surface area (Å²) in [6.45, 7) is 1.78. The van der Waals surface area contributed by atoms with E-state index in [0.717, 1.165) is 11.8 Å². The van der Waals surface area contributed by atoms with Crippen LogP contribution in [0.2, 0.25) is 0 Å². The number of carbonyl (C=O) groups excluding carboxylic acids is 2. The van der Waals surface area contributed by atoms with Crippen molar-refractivity contribution in [2.75, 3.05) is 11.4 Å². The first-order valence-corrected chi connectivity index (χ1v) is 6.53. The third kappa shape index (κ3) is 2.93. The van der Waals surface area contributed by atoms with Crippen LogP contribution in [0, 0.1) is 0 Å². The number of aromatic nitrogens is 1. The zero-order valence-corrected chi connectivity index (χ0v) is 11.0. The van der Waals surface area contributed by atoms with Crippen LogP contribution in [-0.4, -0.2) is 38.9 Å². The number of hydrogen-bond donors (Lipinski definition) is 1. The van der Waals surface area contributed by atoms with Gasteiger partial charge in [-0.1, -0.05) is 11.8 Å². The lowest BCUT2D eigenvalue weighted by Gasteiger charge is -2.17. The van der Waals surface area contributed by atoms with Gasteiger partial charge in [0.25, 0.3) is 0 Å². The quantitative estimate of drug-likeness (QED) is 0.894. The molecule has 0 saturated carbocycles. The van der Waals surface area contributed by atoms with Gasteiger partial charge in [0.2, 0.25) is 5.91 Å². The van der Waals surface area contributed by atoms with E-state index >= 15 is 0 Å². The number of rotatable bonds is 3. The molecule has 1 atom stereocenters. The Bertz CT molecular complexity index is 546. The molecule has 7 heteroatoms. The number of carboxylic acids is 1. The minimum Gasteiger partial charge on any atom is -0.476 e. The topological polar surface area (TPSA) is 87.6 Å². The Labute approximate surface area is 113 Å². The van der Waals surface area contributed by atoms with E-state index < -0.39 is 5.97 Å². The van der Waals surface area contributed by atoms with Crippen molar-refractivity contribution in [3.63, 3.8) is 0 Å². The Kier molecular flexibility index (Phi) is 3.84. The third-order valence-electron chi connectivity index (χ3n) is 2.70. The molecule has 1 aliphatic heterocycles. The third-order valence-corrected chi connectivity index (χ3v) is 3.68. The van der Waals surface area contributed by atoms with E-state index in [4.69, 9.17) is 5.11 Å². The van der Waals surface area contributed by atoms with E-state index in [1.807, 2.05) is 0 Å². The van der Waals surface area contributed by atoms with Crippen LogP contribution in [0.3, 0.4) is 0 Å². The second-order valence-corrected chi connectivity index (χ2v) is 5.59. The first kappa shape index (κ1) is 13.5. The highest BCUT2D eigenvalue weighted by molar-refractivity contribution is 8.14. The van der Waals surface area contributed by atoms with E-state index in [0.29, 0.717) is 6.54 Å². The molecular weight excluding hydrogens is 268 g/mol. The minimum absolute atomic E-state index is 0.0516. The van der Waals surface area contributed by atoms with Crippen molar-refractivity contribution in [2.45, 2.75) is 18.6 Å². The molecule has 100 valence electrons. The highest BCUT2D eigenvalue weighted by Crippen LogP contribution is 2.29. The lowest BCUT2D eigenvalue weighted by molar-refractivity contribution is -0.117. The molecule has 0 aliphatic carbocycles. The first-order chi connectivity index (χ1) is 8.99. The molecule has 2 heterocycles. The summed E-state index contributed by atoms with van der Waals surface area (Å²) in [4.78, 5) is 39.2. The molecule has 1 saturated heterocycles. The van der Waals surface area contributed by atoms with Crippen molar-refractivity contribution in [1.29, 1.82) is 0 Å². The van der Waals surface area contributed by atoms with Crippen LogP contribution in [0.25, 0.3) is 0 Å². The first-order valence-electron chi connectivity index (χ1n) is 5.65. The van der Waals surface area contributed by atoms with Gasteiger partial charge >= 0.3 is 5.97 Å². The highest BCUT2D eigenvalue weighted by Gasteiger charge is 2.34. The minimum atomic E-state index is -1.17. The number of pyridine rings is 1. The van der Waals surface area contributed by atoms with Crippen molar-refractivity contribution in [1.82, 2.24) is 4.98 Å². The predicted octanol–water partition coefficient (Wildman–Crippen LogP) is 1.16. The number of carbonyl (C=O) groups is 3. The summed E-state index contributed by atoms with van der Waals surface area (Å²) in [5.41, 5.74) is 0.135. The molecule has 0 bridgehead atoms. The van der Waals surface area contributed by atoms with Crippen LogP contribution in [-0.2, 0) is 9.59 Å². The summed E-state index contributed by atoms with van der Waals surface area (Å²) in [5.74, 6) is -1.36. The van der Waals surface area contributed by atoms with Crippen molar-refractivity contribution in [3.8, 4) is 0 Å². The van der Waals surface area contributed by atoms with Crippen LogP contribution in [0.4, 0.5) is 5.69 Å². The summed E-state index contributed by atoms with van der Waals surface area (Å²) < 4.78 is 0. The summed E-state index contributed by atoms with van der Waals surface area (Å²) >= 11 is 1.11. The van der Waals surface area contributed by atoms with Gasteiger partial charge in [-0.05, 0) is 12.1 Å². The maximum atomic E-state index is 11.9. The molecule has 1 N–H and O–H groups in total. The van der Waals surface area contributed by atoms with Crippen LogP contribution in [0.5, 0.6) is 0 Å². The SMILES string of the molecule is CC(=O)SC1CC(=O)N(c2cccnc2C(=O)O)C1. The monoisotopic (exact) mass is 280 g/mol. The van der Waals surface area contributed by atoms with Gasteiger partial charge in [0.15, 0.2) is 10.8 Å². The fourth-order valence-electron chi connectivity index (χ4n) is 2.00. The molecule has 19 heavy (non-hydrogen) atoms. The zero-order valence-electron chi connectivity index (χ0n) is 10.2. The molecule has 1 aromatic rings. The van der Waals surface area contributed by atoms with Gasteiger partial charge < -0.3 is 10.0 Å². The fourth-order valence-corrected chi connectivity index (χ4v) is 2.92. The van der Waals surface area contributed by atoms with Crippen molar-refractivity contribution >= 4 is 34.4 Å². The largest absolute Gasteiger partial charge is 0.476 e. The molecule has 1 aliphatic rings. The molecule has 0 radical (unpaired) electrons. The molecule has 1 amide bonds. The summed E-state index contributed by atoms with van der Waals surface area (Å²) in [6.07, 6.45) is 1.60. The summed E-state index contributed by atoms with van der Waals surface area (Å²) in [7, 11) is 0. The molecule has 1 unspecified atom stereocenters. The van der Waals surface area contributed by atoms with Crippen molar-refractivity contribution in [2.24, 2.45) is 0 Å². The van der Waals surface area contributed by atoms with Crippen LogP contribution in [0.15, 0.2) is 18.3 Å². The van der Waals surface area contributed by atoms with Gasteiger partial charge in [-0.25, -0.2) is 9.78 Å². The molecule has 0 aromatic carbocycles. The number of aromatic carboxylic acids is 1. The fraction of sp³-hybridized carbons (Fsp3) is 0.333. The second kappa shape index (κ2) is 5.40. The van der Waals surface area contributed by atoms with Gasteiger partial charge in [0, 0.05) is 31.3 Å². The van der Waals surface area contributed by atoms with Crippen LogP contribution < -0.4 is 4.90 Å². The number of nitrogens with zero attached hydrogens (tertiary/aromatic N) is 2. The Morgan fingerprint density at radius 2 is 2.26 bits per heavy atom. The standard InChI is InChI=1S/C12H12N2O4S/c1-7(15)19-8-5-10(16)14(6-8)9-3-2-4-13-11(9)12(17)18/h2-4,8H,5-6H2,1H3,(H,17,18). The van der Waals surface area contributed by atoms with Gasteiger partial charge in [0.05, 0.1) is 5.69 Å². The van der Waals surface area contributed by atoms with E-state index in [2.05, 4.69) is 4.98 Å². The maximum Gasteiger partial charge on any atom is 0.356 e. The predicted molar refractivity (Wildman–Crippen MR) is 70.2 cm³/mol. The van der Waals surface area contributed by atoms with Crippen LogP contribution >= 0.6 is 11.8 Å². The molecule has 0 spiro atoms.